The fraction of sp³-hybridized carbons (Fsp3) is 0.917. The zero-order chi connectivity index (χ0) is 14.0. The Kier molecular flexibility index (Phi) is 4.35. The quantitative estimate of drug-likeness (QED) is 0.840. The number of ether oxygens (including phenoxy) is 1. The van der Waals surface area contributed by atoms with Crippen molar-refractivity contribution in [3.8, 4) is 0 Å². The third-order valence-electron chi connectivity index (χ3n) is 3.63. The first-order valence-corrected chi connectivity index (χ1v) is 6.58. The second kappa shape index (κ2) is 5.66. The van der Waals surface area contributed by atoms with E-state index in [4.69, 9.17) is 4.74 Å². The van der Waals surface area contributed by atoms with Crippen LogP contribution in [0.25, 0.3) is 0 Å². The molecule has 2 fully saturated rings. The van der Waals surface area contributed by atoms with Gasteiger partial charge in [-0.2, -0.15) is 13.2 Å². The van der Waals surface area contributed by atoms with Crippen LogP contribution >= 0.6 is 0 Å². The van der Waals surface area contributed by atoms with Crippen LogP contribution in [0.2, 0.25) is 0 Å². The molecule has 0 aromatic rings. The number of amides is 1. The lowest BCUT2D eigenvalue weighted by atomic mass is 10.1. The molecule has 19 heavy (non-hydrogen) atoms. The highest BCUT2D eigenvalue weighted by Crippen LogP contribution is 2.36. The Hall–Kier alpha value is -0.820. The average molecular weight is 280 g/mol. The van der Waals surface area contributed by atoms with Crippen LogP contribution in [-0.2, 0) is 9.53 Å². The van der Waals surface area contributed by atoms with Crippen LogP contribution in [0.5, 0.6) is 0 Å². The molecule has 0 bridgehead atoms. The summed E-state index contributed by atoms with van der Waals surface area (Å²) in [4.78, 5) is 13.2. The SMILES string of the molecule is CC(C1CC1)N(CC(F)(F)F)C(=O)C1CNCCO1. The summed E-state index contributed by atoms with van der Waals surface area (Å²) in [5.74, 6) is -0.355. The van der Waals surface area contributed by atoms with Gasteiger partial charge in [-0.15, -0.1) is 0 Å². The average Bonchev–Trinajstić information content (AvgIpc) is 3.18. The highest BCUT2D eigenvalue weighted by Gasteiger charge is 2.42. The standard InChI is InChI=1S/C12H19F3N2O2/c1-8(9-2-3-9)17(7-12(13,14)15)11(18)10-6-16-4-5-19-10/h8-10,16H,2-7H2,1H3. The van der Waals surface area contributed by atoms with Gasteiger partial charge in [0.1, 0.15) is 12.6 Å². The zero-order valence-electron chi connectivity index (χ0n) is 10.9. The largest absolute Gasteiger partial charge is 0.406 e. The molecule has 0 radical (unpaired) electrons. The number of nitrogens with zero attached hydrogens (tertiary/aromatic N) is 1. The van der Waals surface area contributed by atoms with Gasteiger partial charge in [-0.1, -0.05) is 0 Å². The summed E-state index contributed by atoms with van der Waals surface area (Å²) >= 11 is 0. The third kappa shape index (κ3) is 4.07. The molecule has 0 spiro atoms. The Morgan fingerprint density at radius 3 is 2.63 bits per heavy atom. The second-order valence-corrected chi connectivity index (χ2v) is 5.22. The van der Waals surface area contributed by atoms with Crippen molar-refractivity contribution >= 4 is 5.91 Å². The Morgan fingerprint density at radius 2 is 2.16 bits per heavy atom. The molecule has 2 unspecified atom stereocenters. The number of carbonyl (C=O) groups excluding carboxylic acids is 1. The predicted molar refractivity (Wildman–Crippen MR) is 62.6 cm³/mol. The lowest BCUT2D eigenvalue weighted by molar-refractivity contribution is -0.174. The molecule has 1 amide bonds. The van der Waals surface area contributed by atoms with E-state index >= 15 is 0 Å². The minimum atomic E-state index is -4.37. The minimum absolute atomic E-state index is 0.197. The van der Waals surface area contributed by atoms with Crippen molar-refractivity contribution in [2.45, 2.75) is 38.1 Å². The molecule has 2 atom stereocenters. The lowest BCUT2D eigenvalue weighted by Crippen LogP contribution is -2.54. The molecule has 1 N–H and O–H groups in total. The number of halogens is 3. The molecule has 7 heteroatoms. The van der Waals surface area contributed by atoms with Crippen LogP contribution in [0.15, 0.2) is 0 Å². The van der Waals surface area contributed by atoms with Gasteiger partial charge in [-0.05, 0) is 25.7 Å². The van der Waals surface area contributed by atoms with E-state index < -0.39 is 24.7 Å². The van der Waals surface area contributed by atoms with Crippen LogP contribution in [0.4, 0.5) is 13.2 Å². The summed E-state index contributed by atoms with van der Waals surface area (Å²) in [5.41, 5.74) is 0. The number of carbonyl (C=O) groups is 1. The van der Waals surface area contributed by atoms with Crippen molar-refractivity contribution in [2.75, 3.05) is 26.2 Å². The summed E-state index contributed by atoms with van der Waals surface area (Å²) in [6.07, 6.45) is -3.38. The summed E-state index contributed by atoms with van der Waals surface area (Å²) in [7, 11) is 0. The minimum Gasteiger partial charge on any atom is -0.366 e. The Balaban J connectivity index is 2.04. The van der Waals surface area contributed by atoms with Gasteiger partial charge in [-0.3, -0.25) is 4.79 Å². The molecule has 0 aromatic heterocycles. The van der Waals surface area contributed by atoms with Gasteiger partial charge in [-0.25, -0.2) is 0 Å². The van der Waals surface area contributed by atoms with Gasteiger partial charge >= 0.3 is 6.18 Å². The second-order valence-electron chi connectivity index (χ2n) is 5.22. The van der Waals surface area contributed by atoms with Crippen LogP contribution in [-0.4, -0.2) is 55.4 Å². The molecule has 1 heterocycles. The monoisotopic (exact) mass is 280 g/mol. The van der Waals surface area contributed by atoms with E-state index in [9.17, 15) is 18.0 Å². The van der Waals surface area contributed by atoms with Crippen molar-refractivity contribution in [3.05, 3.63) is 0 Å². The predicted octanol–water partition coefficient (Wildman–Crippen LogP) is 1.16. The number of hydrogen-bond donors (Lipinski definition) is 1. The summed E-state index contributed by atoms with van der Waals surface area (Å²) in [5, 5.41) is 2.96. The van der Waals surface area contributed by atoms with Crippen molar-refractivity contribution in [1.82, 2.24) is 10.2 Å². The maximum absolute atomic E-state index is 12.6. The van der Waals surface area contributed by atoms with E-state index in [0.29, 0.717) is 13.2 Å². The molecular formula is C12H19F3N2O2. The number of rotatable bonds is 4. The Bertz CT molecular complexity index is 325. The maximum atomic E-state index is 12.6. The highest BCUT2D eigenvalue weighted by molar-refractivity contribution is 5.81. The zero-order valence-corrected chi connectivity index (χ0v) is 10.9. The summed E-state index contributed by atoms with van der Waals surface area (Å²) in [6, 6.07) is -0.375. The van der Waals surface area contributed by atoms with Crippen molar-refractivity contribution in [1.29, 1.82) is 0 Å². The first kappa shape index (κ1) is 14.6. The van der Waals surface area contributed by atoms with E-state index in [-0.39, 0.29) is 18.5 Å². The van der Waals surface area contributed by atoms with Crippen LogP contribution in [0.1, 0.15) is 19.8 Å². The van der Waals surface area contributed by atoms with Gasteiger partial charge in [0.2, 0.25) is 0 Å². The van der Waals surface area contributed by atoms with Crippen molar-refractivity contribution in [3.63, 3.8) is 0 Å². The smallest absolute Gasteiger partial charge is 0.366 e. The van der Waals surface area contributed by atoms with Gasteiger partial charge in [0.15, 0.2) is 0 Å². The van der Waals surface area contributed by atoms with Crippen LogP contribution < -0.4 is 5.32 Å². The van der Waals surface area contributed by atoms with E-state index in [1.165, 1.54) is 0 Å². The molecule has 4 nitrogen and oxygen atoms in total. The third-order valence-corrected chi connectivity index (χ3v) is 3.63. The first-order valence-electron chi connectivity index (χ1n) is 6.58. The van der Waals surface area contributed by atoms with Gasteiger partial charge < -0.3 is 15.0 Å². The number of morpholine rings is 1. The molecule has 1 saturated carbocycles. The van der Waals surface area contributed by atoms with Crippen LogP contribution in [0, 0.1) is 5.92 Å². The van der Waals surface area contributed by atoms with E-state index in [1.54, 1.807) is 6.92 Å². The fourth-order valence-corrected chi connectivity index (χ4v) is 2.36. The molecule has 1 aliphatic carbocycles. The molecule has 2 rings (SSSR count). The molecule has 2 aliphatic rings. The molecule has 0 aromatic carbocycles. The number of alkyl halides is 3. The normalized spacial score (nSPS) is 26.0. The van der Waals surface area contributed by atoms with Gasteiger partial charge in [0, 0.05) is 19.1 Å². The first-order chi connectivity index (χ1) is 8.88. The molecule has 1 saturated heterocycles. The van der Waals surface area contributed by atoms with Crippen molar-refractivity contribution < 1.29 is 22.7 Å². The molecule has 110 valence electrons. The molecular weight excluding hydrogens is 261 g/mol. The number of nitrogens with one attached hydrogen (secondary N) is 1. The maximum Gasteiger partial charge on any atom is 0.406 e. The van der Waals surface area contributed by atoms with E-state index in [0.717, 1.165) is 17.7 Å². The fourth-order valence-electron chi connectivity index (χ4n) is 2.36. The topological polar surface area (TPSA) is 41.6 Å². The molecule has 1 aliphatic heterocycles. The summed E-state index contributed by atoms with van der Waals surface area (Å²) < 4.78 is 43.1. The number of hydrogen-bond acceptors (Lipinski definition) is 3. The van der Waals surface area contributed by atoms with Crippen molar-refractivity contribution in [2.24, 2.45) is 5.92 Å². The Labute approximate surface area is 110 Å². The van der Waals surface area contributed by atoms with E-state index in [2.05, 4.69) is 5.32 Å². The van der Waals surface area contributed by atoms with Gasteiger partial charge in [0.25, 0.3) is 5.91 Å². The highest BCUT2D eigenvalue weighted by atomic mass is 19.4. The van der Waals surface area contributed by atoms with Crippen LogP contribution in [0.3, 0.4) is 0 Å². The van der Waals surface area contributed by atoms with Gasteiger partial charge in [0.05, 0.1) is 6.61 Å². The van der Waals surface area contributed by atoms with E-state index in [1.807, 2.05) is 0 Å². The summed E-state index contributed by atoms with van der Waals surface area (Å²) in [6.45, 7) is 1.76. The Morgan fingerprint density at radius 1 is 1.47 bits per heavy atom. The lowest BCUT2D eigenvalue weighted by Gasteiger charge is -2.34.